The lowest BCUT2D eigenvalue weighted by molar-refractivity contribution is -0.122. The monoisotopic (exact) mass is 415 g/mol. The number of aromatic nitrogens is 2. The predicted octanol–water partition coefficient (Wildman–Crippen LogP) is 3.13. The number of carbonyl (C=O) groups excluding carboxylic acids is 1. The molecule has 0 radical (unpaired) electrons. The first-order valence-corrected chi connectivity index (χ1v) is 8.66. The van der Waals surface area contributed by atoms with Crippen LogP contribution >= 0.6 is 15.9 Å². The van der Waals surface area contributed by atoms with Gasteiger partial charge >= 0.3 is 0 Å². The van der Waals surface area contributed by atoms with Crippen LogP contribution in [-0.2, 0) is 17.9 Å². The summed E-state index contributed by atoms with van der Waals surface area (Å²) < 4.78 is 14.9. The maximum Gasteiger partial charge on any atom is 0.267 e. The van der Waals surface area contributed by atoms with Gasteiger partial charge in [-0.1, -0.05) is 40.2 Å². The fourth-order valence-electron chi connectivity index (χ4n) is 2.36. The summed E-state index contributed by atoms with van der Waals surface area (Å²) in [5.74, 6) is -0.685. The van der Waals surface area contributed by atoms with Gasteiger partial charge in [-0.2, -0.15) is 5.10 Å². The van der Waals surface area contributed by atoms with Crippen molar-refractivity contribution in [1.29, 1.82) is 0 Å². The van der Waals surface area contributed by atoms with Crippen LogP contribution in [0.3, 0.4) is 0 Å². The lowest BCUT2D eigenvalue weighted by Gasteiger charge is -2.09. The Morgan fingerprint density at radius 2 is 1.88 bits per heavy atom. The van der Waals surface area contributed by atoms with Crippen LogP contribution in [0.2, 0.25) is 0 Å². The predicted molar refractivity (Wildman–Crippen MR) is 99.9 cm³/mol. The molecule has 0 aliphatic heterocycles. The molecule has 0 bridgehead atoms. The minimum Gasteiger partial charge on any atom is -0.350 e. The molecule has 0 fully saturated rings. The summed E-state index contributed by atoms with van der Waals surface area (Å²) in [6, 6.07) is 16.4. The van der Waals surface area contributed by atoms with Crippen LogP contribution in [0, 0.1) is 5.82 Å². The number of hydrogen-bond acceptors (Lipinski definition) is 3. The van der Waals surface area contributed by atoms with Crippen molar-refractivity contribution >= 4 is 21.8 Å². The van der Waals surface area contributed by atoms with E-state index in [1.807, 2.05) is 24.3 Å². The molecule has 3 rings (SSSR count). The molecule has 7 heteroatoms. The SMILES string of the molecule is O=C(Cn1nc(-c2cccc(Br)c2)ccc1=O)NCc1ccc(F)cc1. The summed E-state index contributed by atoms with van der Waals surface area (Å²) >= 11 is 3.40. The van der Waals surface area contributed by atoms with Gasteiger partial charge in [0, 0.05) is 22.6 Å². The molecule has 0 aliphatic rings. The number of hydrogen-bond donors (Lipinski definition) is 1. The summed E-state index contributed by atoms with van der Waals surface area (Å²) in [4.78, 5) is 24.1. The van der Waals surface area contributed by atoms with E-state index in [1.54, 1.807) is 18.2 Å². The number of rotatable bonds is 5. The zero-order valence-corrected chi connectivity index (χ0v) is 15.2. The smallest absolute Gasteiger partial charge is 0.267 e. The van der Waals surface area contributed by atoms with E-state index >= 15 is 0 Å². The molecule has 1 heterocycles. The molecule has 0 saturated heterocycles. The fraction of sp³-hybridized carbons (Fsp3) is 0.105. The number of halogens is 2. The van der Waals surface area contributed by atoms with Crippen LogP contribution in [0.25, 0.3) is 11.3 Å². The molecule has 3 aromatic rings. The molecule has 0 atom stereocenters. The molecule has 26 heavy (non-hydrogen) atoms. The third-order valence-corrected chi connectivity index (χ3v) is 4.18. The first kappa shape index (κ1) is 18.0. The van der Waals surface area contributed by atoms with Crippen LogP contribution in [0.5, 0.6) is 0 Å². The molecule has 0 spiro atoms. The maximum absolute atomic E-state index is 12.9. The highest BCUT2D eigenvalue weighted by atomic mass is 79.9. The number of carbonyl (C=O) groups is 1. The van der Waals surface area contributed by atoms with Crippen molar-refractivity contribution < 1.29 is 9.18 Å². The summed E-state index contributed by atoms with van der Waals surface area (Å²) in [6.07, 6.45) is 0. The molecule has 5 nitrogen and oxygen atoms in total. The van der Waals surface area contributed by atoms with Gasteiger partial charge < -0.3 is 5.32 Å². The topological polar surface area (TPSA) is 64.0 Å². The Labute approximate surface area is 157 Å². The fourth-order valence-corrected chi connectivity index (χ4v) is 2.76. The van der Waals surface area contributed by atoms with E-state index < -0.39 is 0 Å². The average Bonchev–Trinajstić information content (AvgIpc) is 2.63. The molecule has 0 aliphatic carbocycles. The van der Waals surface area contributed by atoms with Gasteiger partial charge in [-0.3, -0.25) is 9.59 Å². The minimum absolute atomic E-state index is 0.193. The Morgan fingerprint density at radius 3 is 2.62 bits per heavy atom. The average molecular weight is 416 g/mol. The standard InChI is InChI=1S/C19H15BrFN3O2/c20-15-3-1-2-14(10-15)17-8-9-19(26)24(23-17)12-18(25)22-11-13-4-6-16(21)7-5-13/h1-10H,11-12H2,(H,22,25). The van der Waals surface area contributed by atoms with Gasteiger partial charge in [0.1, 0.15) is 12.4 Å². The highest BCUT2D eigenvalue weighted by Gasteiger charge is 2.08. The Hall–Kier alpha value is -2.80. The van der Waals surface area contributed by atoms with Gasteiger partial charge in [-0.05, 0) is 35.9 Å². The normalized spacial score (nSPS) is 10.5. The Bertz CT molecular complexity index is 987. The number of benzene rings is 2. The van der Waals surface area contributed by atoms with Crippen LogP contribution in [0.15, 0.2) is 69.9 Å². The van der Waals surface area contributed by atoms with E-state index in [4.69, 9.17) is 0 Å². The molecule has 132 valence electrons. The molecule has 1 N–H and O–H groups in total. The highest BCUT2D eigenvalue weighted by Crippen LogP contribution is 2.20. The quantitative estimate of drug-likeness (QED) is 0.695. The van der Waals surface area contributed by atoms with Crippen LogP contribution < -0.4 is 10.9 Å². The Morgan fingerprint density at radius 1 is 1.12 bits per heavy atom. The number of nitrogens with zero attached hydrogens (tertiary/aromatic N) is 2. The van der Waals surface area contributed by atoms with E-state index in [0.717, 1.165) is 20.3 Å². The maximum atomic E-state index is 12.9. The van der Waals surface area contributed by atoms with Crippen LogP contribution in [0.4, 0.5) is 4.39 Å². The molecular formula is C19H15BrFN3O2. The molecule has 0 unspecified atom stereocenters. The number of amides is 1. The second kappa shape index (κ2) is 8.05. The largest absolute Gasteiger partial charge is 0.350 e. The second-order valence-electron chi connectivity index (χ2n) is 5.63. The summed E-state index contributed by atoms with van der Waals surface area (Å²) in [5.41, 5.74) is 1.83. The summed E-state index contributed by atoms with van der Waals surface area (Å²) in [7, 11) is 0. The van der Waals surface area contributed by atoms with E-state index in [1.165, 1.54) is 18.2 Å². The summed E-state index contributed by atoms with van der Waals surface area (Å²) in [5, 5.41) is 6.96. The van der Waals surface area contributed by atoms with Gasteiger partial charge in [0.25, 0.3) is 5.56 Å². The van der Waals surface area contributed by atoms with E-state index in [2.05, 4.69) is 26.3 Å². The third-order valence-electron chi connectivity index (χ3n) is 3.68. The molecule has 0 saturated carbocycles. The minimum atomic E-state index is -0.360. The first-order chi connectivity index (χ1) is 12.5. The lowest BCUT2D eigenvalue weighted by Crippen LogP contribution is -2.33. The van der Waals surface area contributed by atoms with Crippen molar-refractivity contribution in [2.45, 2.75) is 13.1 Å². The zero-order valence-electron chi connectivity index (χ0n) is 13.7. The van der Waals surface area contributed by atoms with E-state index in [0.29, 0.717) is 5.69 Å². The van der Waals surface area contributed by atoms with Crippen molar-refractivity contribution in [2.24, 2.45) is 0 Å². The van der Waals surface area contributed by atoms with Crippen molar-refractivity contribution in [2.75, 3.05) is 0 Å². The second-order valence-corrected chi connectivity index (χ2v) is 6.54. The van der Waals surface area contributed by atoms with Gasteiger partial charge in [0.15, 0.2) is 0 Å². The van der Waals surface area contributed by atoms with Gasteiger partial charge in [-0.15, -0.1) is 0 Å². The van der Waals surface area contributed by atoms with Gasteiger partial charge in [-0.25, -0.2) is 9.07 Å². The molecule has 1 aromatic heterocycles. The van der Waals surface area contributed by atoms with Crippen molar-refractivity contribution in [3.63, 3.8) is 0 Å². The highest BCUT2D eigenvalue weighted by molar-refractivity contribution is 9.10. The van der Waals surface area contributed by atoms with Gasteiger partial charge in [0.2, 0.25) is 5.91 Å². The van der Waals surface area contributed by atoms with Crippen molar-refractivity contribution in [3.8, 4) is 11.3 Å². The van der Waals surface area contributed by atoms with E-state index in [9.17, 15) is 14.0 Å². The molecular weight excluding hydrogens is 401 g/mol. The lowest BCUT2D eigenvalue weighted by atomic mass is 10.1. The van der Waals surface area contributed by atoms with Crippen molar-refractivity contribution in [1.82, 2.24) is 15.1 Å². The van der Waals surface area contributed by atoms with Crippen molar-refractivity contribution in [3.05, 3.63) is 86.9 Å². The van der Waals surface area contributed by atoms with Crippen LogP contribution in [0.1, 0.15) is 5.56 Å². The summed E-state index contributed by atoms with van der Waals surface area (Å²) in [6.45, 7) is 0.0566. The van der Waals surface area contributed by atoms with Gasteiger partial charge in [0.05, 0.1) is 5.69 Å². The number of nitrogens with one attached hydrogen (secondary N) is 1. The Kier molecular flexibility index (Phi) is 5.58. The first-order valence-electron chi connectivity index (χ1n) is 7.86. The molecule has 1 amide bonds. The van der Waals surface area contributed by atoms with E-state index in [-0.39, 0.29) is 30.4 Å². The third kappa shape index (κ3) is 4.64. The molecule has 2 aromatic carbocycles. The Balaban J connectivity index is 1.70. The zero-order chi connectivity index (χ0) is 18.5. The van der Waals surface area contributed by atoms with Crippen LogP contribution in [-0.4, -0.2) is 15.7 Å².